The van der Waals surface area contributed by atoms with Crippen LogP contribution in [0, 0.1) is 0 Å². The number of rotatable bonds is 3. The Morgan fingerprint density at radius 1 is 1.14 bits per heavy atom. The van der Waals surface area contributed by atoms with Crippen molar-refractivity contribution >= 4 is 23.2 Å². The van der Waals surface area contributed by atoms with Crippen LogP contribution in [0.15, 0.2) is 42.5 Å². The Morgan fingerprint density at radius 3 is 2.71 bits per heavy atom. The van der Waals surface area contributed by atoms with E-state index < -0.39 is 0 Å². The van der Waals surface area contributed by atoms with Gasteiger partial charge in [-0.2, -0.15) is 0 Å². The van der Waals surface area contributed by atoms with Gasteiger partial charge in [-0.15, -0.1) is 0 Å². The van der Waals surface area contributed by atoms with Gasteiger partial charge in [0.2, 0.25) is 0 Å². The van der Waals surface area contributed by atoms with E-state index in [1.165, 1.54) is 11.1 Å². The fraction of sp³-hybridized carbons (Fsp3) is 0.294. The molecular weight excluding hydrogens is 305 g/mol. The van der Waals surface area contributed by atoms with Crippen molar-refractivity contribution < 1.29 is 4.74 Å². The molecule has 2 aromatic rings. The van der Waals surface area contributed by atoms with Crippen LogP contribution < -0.4 is 5.32 Å². The first-order valence-corrected chi connectivity index (χ1v) is 7.78. The normalized spacial score (nSPS) is 19.1. The highest BCUT2D eigenvalue weighted by Gasteiger charge is 2.29. The number of likely N-dealkylation sites (N-methyl/N-ethyl adjacent to an activating group) is 1. The summed E-state index contributed by atoms with van der Waals surface area (Å²) in [6.07, 6.45) is 0.946. The molecule has 0 bridgehead atoms. The van der Waals surface area contributed by atoms with E-state index in [-0.39, 0.29) is 12.1 Å². The highest BCUT2D eigenvalue weighted by Crippen LogP contribution is 2.38. The monoisotopic (exact) mass is 321 g/mol. The number of fused-ring (bicyclic) bond motifs is 1. The standard InChI is InChI=1S/C17H17Cl2NO/c1-20-16(12-6-7-14(18)15(19)10-12)17-13-5-3-2-4-11(13)8-9-21-17/h2-7,10,16-17,20H,8-9H2,1H3. The first-order chi connectivity index (χ1) is 10.2. The topological polar surface area (TPSA) is 21.3 Å². The first-order valence-electron chi connectivity index (χ1n) is 7.02. The van der Waals surface area contributed by atoms with Gasteiger partial charge in [0.15, 0.2) is 0 Å². The van der Waals surface area contributed by atoms with E-state index in [1.54, 1.807) is 0 Å². The van der Waals surface area contributed by atoms with E-state index in [4.69, 9.17) is 27.9 Å². The number of hydrogen-bond acceptors (Lipinski definition) is 2. The first kappa shape index (κ1) is 14.9. The molecule has 4 heteroatoms. The maximum absolute atomic E-state index is 6.15. The average Bonchev–Trinajstić information content (AvgIpc) is 2.52. The molecule has 0 saturated heterocycles. The molecule has 2 atom stereocenters. The third kappa shape index (κ3) is 2.95. The van der Waals surface area contributed by atoms with Gasteiger partial charge in [0.05, 0.1) is 22.7 Å². The van der Waals surface area contributed by atoms with Gasteiger partial charge in [-0.1, -0.05) is 53.5 Å². The summed E-state index contributed by atoms with van der Waals surface area (Å²) in [5.41, 5.74) is 3.68. The molecule has 1 aliphatic heterocycles. The van der Waals surface area contributed by atoms with Crippen molar-refractivity contribution in [3.05, 3.63) is 69.2 Å². The molecule has 2 nitrogen and oxygen atoms in total. The molecule has 1 N–H and O–H groups in total. The van der Waals surface area contributed by atoms with Crippen molar-refractivity contribution in [1.29, 1.82) is 0 Å². The van der Waals surface area contributed by atoms with Gasteiger partial charge in [0, 0.05) is 0 Å². The molecule has 0 aliphatic carbocycles. The van der Waals surface area contributed by atoms with Gasteiger partial charge >= 0.3 is 0 Å². The van der Waals surface area contributed by atoms with E-state index in [9.17, 15) is 0 Å². The Morgan fingerprint density at radius 2 is 1.95 bits per heavy atom. The van der Waals surface area contributed by atoms with E-state index in [1.807, 2.05) is 25.2 Å². The van der Waals surface area contributed by atoms with Gasteiger partial charge in [0.25, 0.3) is 0 Å². The second-order valence-electron chi connectivity index (χ2n) is 5.18. The minimum Gasteiger partial charge on any atom is -0.371 e. The number of halogens is 2. The second kappa shape index (κ2) is 6.37. The summed E-state index contributed by atoms with van der Waals surface area (Å²) in [7, 11) is 1.94. The van der Waals surface area contributed by atoms with Crippen molar-refractivity contribution in [1.82, 2.24) is 5.32 Å². The Balaban J connectivity index is 1.99. The smallest absolute Gasteiger partial charge is 0.102 e. The van der Waals surface area contributed by atoms with Crippen LogP contribution >= 0.6 is 23.2 Å². The zero-order valence-corrected chi connectivity index (χ0v) is 13.3. The Hall–Kier alpha value is -1.06. The van der Waals surface area contributed by atoms with Crippen LogP contribution in [0.3, 0.4) is 0 Å². The van der Waals surface area contributed by atoms with Crippen LogP contribution in [-0.4, -0.2) is 13.7 Å². The fourth-order valence-corrected chi connectivity index (χ4v) is 3.21. The lowest BCUT2D eigenvalue weighted by Crippen LogP contribution is -2.29. The van der Waals surface area contributed by atoms with Gasteiger partial charge in [-0.25, -0.2) is 0 Å². The molecule has 110 valence electrons. The van der Waals surface area contributed by atoms with E-state index >= 15 is 0 Å². The number of ether oxygens (including phenoxy) is 1. The van der Waals surface area contributed by atoms with Crippen LogP contribution in [0.1, 0.15) is 28.8 Å². The number of hydrogen-bond donors (Lipinski definition) is 1. The zero-order valence-electron chi connectivity index (χ0n) is 11.8. The van der Waals surface area contributed by atoms with Crippen molar-refractivity contribution in [2.75, 3.05) is 13.7 Å². The molecule has 1 heterocycles. The van der Waals surface area contributed by atoms with E-state index in [2.05, 4.69) is 29.6 Å². The minimum atomic E-state index is -0.0165. The number of nitrogens with one attached hydrogen (secondary N) is 1. The van der Waals surface area contributed by atoms with Crippen molar-refractivity contribution in [3.63, 3.8) is 0 Å². The zero-order chi connectivity index (χ0) is 14.8. The molecule has 2 unspecified atom stereocenters. The minimum absolute atomic E-state index is 0.0165. The molecular formula is C17H17Cl2NO. The van der Waals surface area contributed by atoms with Gasteiger partial charge in [-0.05, 0) is 42.3 Å². The van der Waals surface area contributed by atoms with E-state index in [0.29, 0.717) is 10.0 Å². The molecule has 0 aromatic heterocycles. The van der Waals surface area contributed by atoms with Crippen molar-refractivity contribution in [2.24, 2.45) is 0 Å². The summed E-state index contributed by atoms with van der Waals surface area (Å²) in [4.78, 5) is 0. The number of benzene rings is 2. The molecule has 0 fully saturated rings. The predicted molar refractivity (Wildman–Crippen MR) is 87.1 cm³/mol. The molecule has 1 aliphatic rings. The lowest BCUT2D eigenvalue weighted by Gasteiger charge is -2.32. The van der Waals surface area contributed by atoms with Crippen LogP contribution in [0.4, 0.5) is 0 Å². The quantitative estimate of drug-likeness (QED) is 0.894. The Bertz CT molecular complexity index is 644. The summed E-state index contributed by atoms with van der Waals surface area (Å²) >= 11 is 12.2. The van der Waals surface area contributed by atoms with Crippen LogP contribution in [-0.2, 0) is 11.2 Å². The van der Waals surface area contributed by atoms with Crippen LogP contribution in [0.5, 0.6) is 0 Å². The third-order valence-electron chi connectivity index (χ3n) is 3.95. The summed E-state index contributed by atoms with van der Waals surface area (Å²) in [6.45, 7) is 0.737. The second-order valence-corrected chi connectivity index (χ2v) is 5.99. The largest absolute Gasteiger partial charge is 0.371 e. The summed E-state index contributed by atoms with van der Waals surface area (Å²) < 4.78 is 6.04. The third-order valence-corrected chi connectivity index (χ3v) is 4.69. The predicted octanol–water partition coefficient (Wildman–Crippen LogP) is 4.57. The summed E-state index contributed by atoms with van der Waals surface area (Å²) in [6, 6.07) is 14.2. The molecule has 3 rings (SSSR count). The van der Waals surface area contributed by atoms with Gasteiger partial charge < -0.3 is 10.1 Å². The van der Waals surface area contributed by atoms with Crippen LogP contribution in [0.2, 0.25) is 10.0 Å². The lowest BCUT2D eigenvalue weighted by atomic mass is 9.90. The summed E-state index contributed by atoms with van der Waals surface area (Å²) in [5.74, 6) is 0. The van der Waals surface area contributed by atoms with Crippen molar-refractivity contribution in [3.8, 4) is 0 Å². The maximum atomic E-state index is 6.15. The Labute approximate surface area is 135 Å². The highest BCUT2D eigenvalue weighted by molar-refractivity contribution is 6.42. The molecule has 21 heavy (non-hydrogen) atoms. The van der Waals surface area contributed by atoms with Gasteiger partial charge in [0.1, 0.15) is 6.10 Å². The Kier molecular flexibility index (Phi) is 4.51. The molecule has 0 spiro atoms. The van der Waals surface area contributed by atoms with Crippen LogP contribution in [0.25, 0.3) is 0 Å². The maximum Gasteiger partial charge on any atom is 0.102 e. The van der Waals surface area contributed by atoms with Gasteiger partial charge in [-0.3, -0.25) is 0 Å². The molecule has 0 amide bonds. The summed E-state index contributed by atoms with van der Waals surface area (Å²) in [5, 5.41) is 4.49. The average molecular weight is 322 g/mol. The molecule has 0 saturated carbocycles. The highest BCUT2D eigenvalue weighted by atomic mass is 35.5. The fourth-order valence-electron chi connectivity index (χ4n) is 2.90. The van der Waals surface area contributed by atoms with E-state index in [0.717, 1.165) is 18.6 Å². The SMILES string of the molecule is CNC(c1ccc(Cl)c(Cl)c1)C1OCCc2ccccc21. The molecule has 2 aromatic carbocycles. The van der Waals surface area contributed by atoms with Crippen molar-refractivity contribution in [2.45, 2.75) is 18.6 Å². The lowest BCUT2D eigenvalue weighted by molar-refractivity contribution is 0.0166. The molecule has 0 radical (unpaired) electrons.